The second-order valence-corrected chi connectivity index (χ2v) is 5.35. The summed E-state index contributed by atoms with van der Waals surface area (Å²) >= 11 is 0. The van der Waals surface area contributed by atoms with Crippen molar-refractivity contribution in [2.24, 2.45) is 0 Å². The Kier molecular flexibility index (Phi) is 6.83. The van der Waals surface area contributed by atoms with Gasteiger partial charge in [0.05, 0.1) is 19.8 Å². The largest absolute Gasteiger partial charge is 0.493 e. The number of hydrogen-bond donors (Lipinski definition) is 1. The molecular weight excluding hydrogens is 266 g/mol. The van der Waals surface area contributed by atoms with E-state index in [1.54, 1.807) is 7.11 Å². The molecule has 2 rings (SSSR count). The Morgan fingerprint density at radius 3 is 3.00 bits per heavy atom. The van der Waals surface area contributed by atoms with Gasteiger partial charge in [-0.25, -0.2) is 0 Å². The third kappa shape index (κ3) is 4.90. The summed E-state index contributed by atoms with van der Waals surface area (Å²) in [7, 11) is 1.69. The van der Waals surface area contributed by atoms with E-state index in [9.17, 15) is 0 Å². The van der Waals surface area contributed by atoms with Gasteiger partial charge in [0.1, 0.15) is 0 Å². The number of hydrogen-bond acceptors (Lipinski definition) is 4. The Labute approximate surface area is 127 Å². The summed E-state index contributed by atoms with van der Waals surface area (Å²) < 4.78 is 17.1. The van der Waals surface area contributed by atoms with Gasteiger partial charge in [0.25, 0.3) is 0 Å². The van der Waals surface area contributed by atoms with Crippen molar-refractivity contribution in [1.29, 1.82) is 0 Å². The number of benzene rings is 1. The summed E-state index contributed by atoms with van der Waals surface area (Å²) in [5.74, 6) is 1.68. The van der Waals surface area contributed by atoms with Crippen molar-refractivity contribution < 1.29 is 14.2 Å². The van der Waals surface area contributed by atoms with E-state index in [-0.39, 0.29) is 0 Å². The zero-order valence-electron chi connectivity index (χ0n) is 13.2. The lowest BCUT2D eigenvalue weighted by Gasteiger charge is -2.16. The first-order chi connectivity index (χ1) is 10.3. The zero-order chi connectivity index (χ0) is 14.9. The van der Waals surface area contributed by atoms with E-state index in [1.807, 2.05) is 12.1 Å². The fraction of sp³-hybridized carbons (Fsp3) is 0.647. The van der Waals surface area contributed by atoms with Crippen LogP contribution in [0.4, 0.5) is 0 Å². The van der Waals surface area contributed by atoms with E-state index in [0.717, 1.165) is 49.6 Å². The van der Waals surface area contributed by atoms with Crippen LogP contribution in [-0.4, -0.2) is 33.0 Å². The lowest BCUT2D eigenvalue weighted by Crippen LogP contribution is -2.14. The normalized spacial score (nSPS) is 17.9. The number of para-hydroxylation sites is 1. The molecule has 0 aromatic heterocycles. The van der Waals surface area contributed by atoms with Crippen molar-refractivity contribution in [2.45, 2.75) is 45.3 Å². The van der Waals surface area contributed by atoms with Crippen LogP contribution in [-0.2, 0) is 11.3 Å². The molecule has 1 fully saturated rings. The van der Waals surface area contributed by atoms with Crippen LogP contribution in [0.15, 0.2) is 18.2 Å². The van der Waals surface area contributed by atoms with Gasteiger partial charge in [-0.1, -0.05) is 19.1 Å². The third-order valence-electron chi connectivity index (χ3n) is 3.79. The van der Waals surface area contributed by atoms with Gasteiger partial charge in [-0.05, 0) is 38.3 Å². The topological polar surface area (TPSA) is 39.7 Å². The van der Waals surface area contributed by atoms with Crippen LogP contribution in [0.3, 0.4) is 0 Å². The minimum atomic E-state index is 0.437. The lowest BCUT2D eigenvalue weighted by atomic mass is 10.1. The first kappa shape index (κ1) is 16.1. The fourth-order valence-electron chi connectivity index (χ4n) is 2.64. The monoisotopic (exact) mass is 293 g/mol. The number of nitrogens with one attached hydrogen (secondary N) is 1. The lowest BCUT2D eigenvalue weighted by molar-refractivity contribution is 0.0979. The standard InChI is InChI=1S/C17H27NO3/c1-3-18-13-14-7-4-10-16(19-2)17(14)21-12-6-9-15-8-5-11-20-15/h4,7,10,15,18H,3,5-6,8-9,11-13H2,1-2H3. The van der Waals surface area contributed by atoms with E-state index in [1.165, 1.54) is 12.8 Å². The fourth-order valence-corrected chi connectivity index (χ4v) is 2.64. The maximum Gasteiger partial charge on any atom is 0.165 e. The van der Waals surface area contributed by atoms with Gasteiger partial charge in [-0.15, -0.1) is 0 Å². The molecule has 1 aliphatic rings. The molecule has 0 bridgehead atoms. The van der Waals surface area contributed by atoms with Crippen molar-refractivity contribution in [3.63, 3.8) is 0 Å². The van der Waals surface area contributed by atoms with Gasteiger partial charge < -0.3 is 19.5 Å². The van der Waals surface area contributed by atoms with Gasteiger partial charge in [0.15, 0.2) is 11.5 Å². The van der Waals surface area contributed by atoms with Crippen LogP contribution >= 0.6 is 0 Å². The highest BCUT2D eigenvalue weighted by Gasteiger charge is 2.15. The average molecular weight is 293 g/mol. The predicted molar refractivity (Wildman–Crippen MR) is 84.1 cm³/mol. The highest BCUT2D eigenvalue weighted by molar-refractivity contribution is 5.46. The Morgan fingerprint density at radius 2 is 2.29 bits per heavy atom. The van der Waals surface area contributed by atoms with Crippen molar-refractivity contribution in [3.8, 4) is 11.5 Å². The van der Waals surface area contributed by atoms with Crippen LogP contribution in [0.1, 0.15) is 38.2 Å². The first-order valence-electron chi connectivity index (χ1n) is 7.96. The molecule has 1 aromatic rings. The number of methoxy groups -OCH3 is 1. The Morgan fingerprint density at radius 1 is 1.38 bits per heavy atom. The third-order valence-corrected chi connectivity index (χ3v) is 3.79. The smallest absolute Gasteiger partial charge is 0.165 e. The van der Waals surface area contributed by atoms with Gasteiger partial charge >= 0.3 is 0 Å². The van der Waals surface area contributed by atoms with Crippen molar-refractivity contribution in [3.05, 3.63) is 23.8 Å². The second kappa shape index (κ2) is 8.90. The van der Waals surface area contributed by atoms with E-state index in [0.29, 0.717) is 12.7 Å². The molecule has 1 aliphatic heterocycles. The average Bonchev–Trinajstić information content (AvgIpc) is 3.03. The van der Waals surface area contributed by atoms with Crippen LogP contribution in [0, 0.1) is 0 Å². The Balaban J connectivity index is 1.86. The summed E-state index contributed by atoms with van der Waals surface area (Å²) in [5.41, 5.74) is 1.15. The Bertz CT molecular complexity index is 416. The zero-order valence-corrected chi connectivity index (χ0v) is 13.2. The molecule has 1 unspecified atom stereocenters. The SMILES string of the molecule is CCNCc1cccc(OC)c1OCCCC1CCCO1. The molecule has 118 valence electrons. The van der Waals surface area contributed by atoms with Gasteiger partial charge in [-0.2, -0.15) is 0 Å². The molecule has 1 aromatic carbocycles. The second-order valence-electron chi connectivity index (χ2n) is 5.35. The van der Waals surface area contributed by atoms with E-state index >= 15 is 0 Å². The molecule has 0 aliphatic carbocycles. The van der Waals surface area contributed by atoms with Crippen molar-refractivity contribution >= 4 is 0 Å². The van der Waals surface area contributed by atoms with Gasteiger partial charge in [-0.3, -0.25) is 0 Å². The first-order valence-corrected chi connectivity index (χ1v) is 7.96. The van der Waals surface area contributed by atoms with Crippen LogP contribution in [0.5, 0.6) is 11.5 Å². The van der Waals surface area contributed by atoms with Crippen LogP contribution in [0.25, 0.3) is 0 Å². The van der Waals surface area contributed by atoms with Crippen LogP contribution in [0.2, 0.25) is 0 Å². The summed E-state index contributed by atoms with van der Waals surface area (Å²) in [5, 5.41) is 3.34. The molecule has 1 heterocycles. The summed E-state index contributed by atoms with van der Waals surface area (Å²) in [6.45, 7) is 5.47. The van der Waals surface area contributed by atoms with E-state index in [2.05, 4.69) is 18.3 Å². The summed E-state index contributed by atoms with van der Waals surface area (Å²) in [6, 6.07) is 6.04. The predicted octanol–water partition coefficient (Wildman–Crippen LogP) is 3.14. The number of rotatable bonds is 9. The highest BCUT2D eigenvalue weighted by Crippen LogP contribution is 2.31. The molecule has 21 heavy (non-hydrogen) atoms. The highest BCUT2D eigenvalue weighted by atomic mass is 16.5. The molecule has 0 radical (unpaired) electrons. The molecule has 0 saturated carbocycles. The van der Waals surface area contributed by atoms with Crippen molar-refractivity contribution in [2.75, 3.05) is 26.9 Å². The maximum atomic E-state index is 6.00. The van der Waals surface area contributed by atoms with Gasteiger partial charge in [0.2, 0.25) is 0 Å². The molecule has 0 spiro atoms. The number of ether oxygens (including phenoxy) is 3. The summed E-state index contributed by atoms with van der Waals surface area (Å²) in [4.78, 5) is 0. The summed E-state index contributed by atoms with van der Waals surface area (Å²) in [6.07, 6.45) is 4.93. The molecule has 1 atom stereocenters. The minimum absolute atomic E-state index is 0.437. The molecular formula is C17H27NO3. The van der Waals surface area contributed by atoms with E-state index in [4.69, 9.17) is 14.2 Å². The maximum absolute atomic E-state index is 6.00. The Hall–Kier alpha value is -1.26. The van der Waals surface area contributed by atoms with Crippen LogP contribution < -0.4 is 14.8 Å². The minimum Gasteiger partial charge on any atom is -0.493 e. The molecule has 1 N–H and O–H groups in total. The quantitative estimate of drug-likeness (QED) is 0.710. The van der Waals surface area contributed by atoms with E-state index < -0.39 is 0 Å². The van der Waals surface area contributed by atoms with Crippen molar-refractivity contribution in [1.82, 2.24) is 5.32 Å². The molecule has 0 amide bonds. The molecule has 1 saturated heterocycles. The molecule has 4 heteroatoms. The molecule has 4 nitrogen and oxygen atoms in total. The van der Waals surface area contributed by atoms with Gasteiger partial charge in [0, 0.05) is 18.7 Å².